The Bertz CT molecular complexity index is 785. The van der Waals surface area contributed by atoms with Crippen molar-refractivity contribution >= 4 is 294 Å². The maximum Gasteiger partial charge on any atom is 3.00 e. The van der Waals surface area contributed by atoms with E-state index in [1.165, 1.54) is 0 Å². The second-order valence-corrected chi connectivity index (χ2v) is 10.5. The van der Waals surface area contributed by atoms with E-state index in [2.05, 4.69) is 0 Å². The Labute approximate surface area is 823 Å². The SMILES string of the molecule is O=[Si]([O-])[O-].O=[Si]([O-])[O-].O=[Si]([O-])[O-].O=[Si]([O-])[O-].O=[Si]([O-])[O-].O=[Si]([O-])[O-].O=[Si]([O-])[O-].O=[Si]([O-])[O-].O=[Si]([O-])[O-].O=[Si]([O-])[O-].O=[Si]([O-])[O-].O=[Si]([O-])[O-].O=[Si]([O-])[O-].O=[Si]([O-])[O-].[Al+3].[Al+3].[Al+3].[Ca+2].[Ca+2].[Ca+2].[Ce+3].[Ce+3].[Ce+3].[Fe+3].[Fe+3].[Fe+3].[OH-].[OH-].[OH-].[OH-].[OH-].[OH-].[OH-].[OH-].[OH-].[OH-].[OH-].[OH-].[OH-].[OH-].[Y+3].[Y+3].[Y+3]. The zero-order valence-electron chi connectivity index (χ0n) is 38.6. The summed E-state index contributed by atoms with van der Waals surface area (Å²) in [7, 11) is -50.8. The van der Waals surface area contributed by atoms with Crippen LogP contribution in [0.1, 0.15) is 0 Å². The van der Waals surface area contributed by atoms with Gasteiger partial charge in [0.1, 0.15) is 0 Å². The van der Waals surface area contributed by atoms with Crippen molar-refractivity contribution in [2.75, 3.05) is 0 Å². The van der Waals surface area contributed by atoms with Crippen LogP contribution in [0.5, 0.6) is 0 Å². The van der Waals surface area contributed by atoms with Crippen LogP contribution in [-0.4, -0.2) is 370 Å². The molecule has 0 spiro atoms. The predicted molar refractivity (Wildman–Crippen MR) is 152 cm³/mol. The van der Waals surface area contributed by atoms with E-state index in [0.29, 0.717) is 0 Å². The average Bonchev–Trinajstić information content (AvgIpc) is 2.73. The third-order valence-corrected chi connectivity index (χ3v) is 0. The number of hydrogen-bond donors (Lipinski definition) is 0. The third kappa shape index (κ3) is 10600. The van der Waals surface area contributed by atoms with Gasteiger partial charge in [0.25, 0.3) is 0 Å². The van der Waals surface area contributed by atoms with E-state index in [-0.39, 0.29) is 517 Å². The van der Waals surface area contributed by atoms with Crippen molar-refractivity contribution in [1.82, 2.24) is 0 Å². The van der Waals surface area contributed by atoms with E-state index < -0.39 is 128 Å². The minimum atomic E-state index is -3.63. The molecule has 0 aliphatic carbocycles. The monoisotopic (exact) mass is 2360 g/mol. The maximum absolute atomic E-state index is 8.52. The summed E-state index contributed by atoms with van der Waals surface area (Å²) in [5.41, 5.74) is 0. The van der Waals surface area contributed by atoms with E-state index in [1.54, 1.807) is 0 Å². The van der Waals surface area contributed by atoms with Crippen LogP contribution in [0.3, 0.4) is 0 Å². The molecule has 0 aromatic heterocycles. The first-order valence-electron chi connectivity index (χ1n) is 8.57. The van der Waals surface area contributed by atoms with Crippen LogP contribution >= 0.6 is 0 Å². The Morgan fingerprint density at radius 1 is 0.141 bits per heavy atom. The first-order chi connectivity index (χ1) is 24.2. The summed E-state index contributed by atoms with van der Waals surface area (Å²) in [6.07, 6.45) is 0. The molecule has 0 bridgehead atoms. The average molecular weight is 2360 g/mol. The van der Waals surface area contributed by atoms with Gasteiger partial charge in [-0.05, 0) is 0 Å². The molecule has 0 aliphatic heterocycles. The van der Waals surface area contributed by atoms with Gasteiger partial charge in [-0.2, -0.15) is 0 Å². The Balaban J connectivity index is -0.00000000531. The Morgan fingerprint density at radius 3 is 0.141 bits per heavy atom. The molecule has 0 amide bonds. The second kappa shape index (κ2) is 304. The van der Waals surface area contributed by atoms with Crippen molar-refractivity contribution in [2.24, 2.45) is 0 Å². The quantitative estimate of drug-likeness (QED) is 0.203. The molecule has 466 valence electrons. The van der Waals surface area contributed by atoms with E-state index >= 15 is 0 Å². The molecule has 0 saturated carbocycles. The molecular weight excluding hydrogens is 2340 g/mol. The summed E-state index contributed by atoms with van der Waals surface area (Å²) in [4.78, 5) is 239. The van der Waals surface area contributed by atoms with Gasteiger partial charge in [-0.15, -0.1) is 0 Å². The predicted octanol–water partition coefficient (Wildman–Crippen LogP) is -45.1. The molecule has 85 heteroatoms. The molecule has 0 rings (SSSR count). The van der Waals surface area contributed by atoms with Gasteiger partial charge in [0.05, 0.1) is 0 Å². The Hall–Kier alpha value is 8.45. The van der Waals surface area contributed by atoms with Gasteiger partial charge in [-0.3, -0.25) is 0 Å². The van der Waals surface area contributed by atoms with Crippen molar-refractivity contribution < 1.29 is 548 Å². The summed E-state index contributed by atoms with van der Waals surface area (Å²) in [6, 6.07) is 0. The van der Waals surface area contributed by atoms with Crippen LogP contribution in [0, 0.1) is 125 Å². The van der Waals surface area contributed by atoms with Crippen LogP contribution in [0.25, 0.3) is 0 Å². The summed E-state index contributed by atoms with van der Waals surface area (Å²) < 4.78 is 119. The molecule has 14 N–H and O–H groups in total. The maximum atomic E-state index is 8.52. The number of hydrogen-bond acceptors (Lipinski definition) is 56. The topological polar surface area (TPSA) is 1300 Å². The van der Waals surface area contributed by atoms with Gasteiger partial charge < -0.3 is 273 Å². The molecule has 0 atom stereocenters. The minimum absolute atomic E-state index is 0. The summed E-state index contributed by atoms with van der Waals surface area (Å²) >= 11 is 0. The van der Waals surface area contributed by atoms with Crippen molar-refractivity contribution in [3.63, 3.8) is 0 Å². The van der Waals surface area contributed by atoms with Crippen molar-refractivity contribution in [2.45, 2.75) is 0 Å². The molecule has 0 aliphatic rings. The number of rotatable bonds is 0. The normalized spacial score (nSPS) is 3.95. The van der Waals surface area contributed by atoms with Gasteiger partial charge >= 0.3 is 440 Å². The van der Waals surface area contributed by atoms with Gasteiger partial charge in [-0.25, -0.2) is 0 Å². The second-order valence-electron chi connectivity index (χ2n) is 3.50. The van der Waals surface area contributed by atoms with E-state index in [0.717, 1.165) is 0 Å². The third-order valence-electron chi connectivity index (χ3n) is 0. The molecule has 0 heterocycles. The molecular formula is H14Al3Ca3Ce3Fe3O56Si14Y3. The van der Waals surface area contributed by atoms with Crippen molar-refractivity contribution in [3.8, 4) is 0 Å². The Kier molecular flexibility index (Phi) is 1120. The molecule has 0 aromatic rings. The smallest absolute Gasteiger partial charge is 0.870 e. The molecule has 0 aromatic carbocycles. The zero-order valence-corrected chi connectivity index (χ0v) is 83.9. The first-order valence-corrected chi connectivity index (χ1v) is 25.7. The summed E-state index contributed by atoms with van der Waals surface area (Å²) in [5, 5.41) is 0. The van der Waals surface area contributed by atoms with Gasteiger partial charge in [0.2, 0.25) is 0 Å². The minimum Gasteiger partial charge on any atom is -0.870 e. The zero-order chi connectivity index (χ0) is 50.1. The van der Waals surface area contributed by atoms with Gasteiger partial charge in [0.15, 0.2) is 0 Å². The Morgan fingerprint density at radius 2 is 0.141 bits per heavy atom. The van der Waals surface area contributed by atoms with Gasteiger partial charge in [0, 0.05) is 128 Å². The van der Waals surface area contributed by atoms with Crippen LogP contribution in [-0.2, 0) is 212 Å². The molecule has 85 heavy (non-hydrogen) atoms. The molecule has 0 saturated heterocycles. The van der Waals surface area contributed by atoms with E-state index in [4.69, 9.17) is 197 Å². The fraction of sp³-hybridized carbons (Fsp3) is 0. The van der Waals surface area contributed by atoms with Crippen molar-refractivity contribution in [1.29, 1.82) is 0 Å². The first kappa shape index (κ1) is 314. The fourth-order valence-electron chi connectivity index (χ4n) is 0. The van der Waals surface area contributed by atoms with Gasteiger partial charge in [-0.1, -0.05) is 0 Å². The van der Waals surface area contributed by atoms with Crippen LogP contribution in [0.2, 0.25) is 0 Å². The van der Waals surface area contributed by atoms with E-state index in [1.807, 2.05) is 0 Å². The van der Waals surface area contributed by atoms with Crippen molar-refractivity contribution in [3.05, 3.63) is 0 Å². The molecule has 0 fully saturated rings. The van der Waals surface area contributed by atoms with E-state index in [9.17, 15) is 0 Å². The molecule has 0 unspecified atom stereocenters. The van der Waals surface area contributed by atoms with Crippen LogP contribution in [0.4, 0.5) is 0 Å². The standard InChI is InChI=1S/3Al.3Ca.3Ce.3Fe.14O3Si.14H2O.3Y/c;;;;;;;;;;;;14*1-4(2)3;;;;;;;;;;;;;;;;;/h;;;;;;;;;;;;;;;;;;;;;;;;;;14*1H2;;;/q3*+3;3*+2;6*+3;14*-2;;;;;;;;;;;;;;;3*+3/p-14. The summed E-state index contributed by atoms with van der Waals surface area (Å²) in [5.74, 6) is 0. The largest absolute Gasteiger partial charge is 3.00 e. The fourth-order valence-corrected chi connectivity index (χ4v) is 0. The molecule has 6 radical (unpaired) electrons. The van der Waals surface area contributed by atoms with Crippen LogP contribution in [0.15, 0.2) is 0 Å². The molecule has 56 nitrogen and oxygen atoms in total. The summed E-state index contributed by atoms with van der Waals surface area (Å²) in [6.45, 7) is 0. The van der Waals surface area contributed by atoms with Crippen LogP contribution < -0.4 is 134 Å².